The van der Waals surface area contributed by atoms with Crippen molar-refractivity contribution in [1.82, 2.24) is 0 Å². The number of aryl methyl sites for hydroxylation is 1. The predicted octanol–water partition coefficient (Wildman–Crippen LogP) is 6.96. The maximum Gasteiger partial charge on any atom is 0.273 e. The fourth-order valence-corrected chi connectivity index (χ4v) is 7.21. The van der Waals surface area contributed by atoms with E-state index in [-0.39, 0.29) is 98.7 Å². The normalized spacial score (nSPS) is 9.81. The van der Waals surface area contributed by atoms with Gasteiger partial charge >= 0.3 is 0 Å². The van der Waals surface area contributed by atoms with Gasteiger partial charge in [0.25, 0.3) is 5.69 Å². The van der Waals surface area contributed by atoms with Crippen LogP contribution in [0.25, 0.3) is 21.8 Å². The van der Waals surface area contributed by atoms with E-state index in [2.05, 4.69) is 78.4 Å². The number of hydrogen-bond acceptors (Lipinski definition) is 2. The Hall–Kier alpha value is 2.51. The number of hydrogen-bond donors (Lipinski definition) is 0. The molecule has 0 aliphatic rings. The first kappa shape index (κ1) is 28.5. The van der Waals surface area contributed by atoms with Crippen LogP contribution in [-0.4, -0.2) is 19.0 Å². The molecule has 10 heteroatoms. The molecule has 2 aromatic rings. The SMILES string of the molecule is C[N-]c1c(I)c([N-]C)c(I)c(-c2cc(C)c(C)c([N+](=O)[O-])c2)c1I.[Ac].[Ac]. The van der Waals surface area contributed by atoms with Crippen molar-refractivity contribution >= 4 is 84.8 Å². The summed E-state index contributed by atoms with van der Waals surface area (Å²) in [6.45, 7) is 3.68. The van der Waals surface area contributed by atoms with Crippen LogP contribution >= 0.6 is 67.8 Å². The van der Waals surface area contributed by atoms with Crippen LogP contribution in [0.2, 0.25) is 0 Å². The molecule has 5 nitrogen and oxygen atoms in total. The van der Waals surface area contributed by atoms with Crippen molar-refractivity contribution in [1.29, 1.82) is 0 Å². The van der Waals surface area contributed by atoms with Gasteiger partial charge in [-0.15, -0.1) is 25.5 Å². The van der Waals surface area contributed by atoms with E-state index < -0.39 is 0 Å². The Kier molecular flexibility index (Phi) is 13.6. The molecule has 0 spiro atoms. The van der Waals surface area contributed by atoms with E-state index in [0.717, 1.165) is 38.8 Å². The van der Waals surface area contributed by atoms with E-state index in [4.69, 9.17) is 0 Å². The standard InChI is InChI=1S/C16H14I3N3O2.2Ac/c1-7-5-9(6-10(8(7)2)22(23)24)11-12(17)15(20-3)14(19)16(21-4)13(11)18;;/h5-6H,1-4H3;;/q-2;;. The van der Waals surface area contributed by atoms with Gasteiger partial charge in [0.15, 0.2) is 0 Å². The Morgan fingerprint density at radius 1 is 0.923 bits per heavy atom. The second-order valence-electron chi connectivity index (χ2n) is 5.16. The minimum absolute atomic E-state index is 0. The van der Waals surface area contributed by atoms with Gasteiger partial charge in [-0.1, -0.05) is 6.07 Å². The third-order valence-electron chi connectivity index (χ3n) is 3.84. The van der Waals surface area contributed by atoms with Crippen LogP contribution in [0.15, 0.2) is 12.1 Å². The number of benzene rings is 2. The Labute approximate surface area is 266 Å². The molecule has 0 fully saturated rings. The van der Waals surface area contributed by atoms with Gasteiger partial charge in [0.1, 0.15) is 0 Å². The van der Waals surface area contributed by atoms with E-state index in [0.29, 0.717) is 5.56 Å². The first-order valence-electron chi connectivity index (χ1n) is 6.90. The molecule has 0 aliphatic carbocycles. The van der Waals surface area contributed by atoms with Crippen molar-refractivity contribution in [3.63, 3.8) is 0 Å². The van der Waals surface area contributed by atoms with Gasteiger partial charge in [-0.25, -0.2) is 0 Å². The summed E-state index contributed by atoms with van der Waals surface area (Å²) in [5, 5.41) is 20.2. The molecule has 0 saturated carbocycles. The molecule has 0 aromatic heterocycles. The summed E-state index contributed by atoms with van der Waals surface area (Å²) < 4.78 is 2.95. The average Bonchev–Trinajstić information content (AvgIpc) is 2.51. The Morgan fingerprint density at radius 3 is 1.77 bits per heavy atom. The molecule has 0 heterocycles. The van der Waals surface area contributed by atoms with Crippen molar-refractivity contribution in [3.8, 4) is 11.1 Å². The maximum atomic E-state index is 11.4. The molecule has 0 saturated heterocycles. The fourth-order valence-electron chi connectivity index (χ4n) is 2.46. The summed E-state index contributed by atoms with van der Waals surface area (Å²) in [5.74, 6) is 0. The molecule has 0 bridgehead atoms. The zero-order chi connectivity index (χ0) is 18.2. The van der Waals surface area contributed by atoms with Gasteiger partial charge in [-0.2, -0.15) is 0 Å². The first-order valence-corrected chi connectivity index (χ1v) is 10.1. The van der Waals surface area contributed by atoms with Crippen molar-refractivity contribution in [2.45, 2.75) is 13.8 Å². The van der Waals surface area contributed by atoms with E-state index in [1.165, 1.54) is 0 Å². The van der Waals surface area contributed by atoms with Gasteiger partial charge < -0.3 is 10.6 Å². The van der Waals surface area contributed by atoms with E-state index in [1.54, 1.807) is 27.1 Å². The van der Waals surface area contributed by atoms with E-state index in [1.807, 2.05) is 13.0 Å². The van der Waals surface area contributed by atoms with Crippen molar-refractivity contribution in [3.05, 3.63) is 54.7 Å². The van der Waals surface area contributed by atoms with Gasteiger partial charge in [-0.3, -0.25) is 10.1 Å². The van der Waals surface area contributed by atoms with Gasteiger partial charge in [0, 0.05) is 112 Å². The average molecular weight is 1120 g/mol. The number of rotatable bonds is 4. The fraction of sp³-hybridized carbons (Fsp3) is 0.250. The van der Waals surface area contributed by atoms with Gasteiger partial charge in [0.05, 0.1) is 4.92 Å². The quantitative estimate of drug-likeness (QED) is 0.189. The molecule has 0 N–H and O–H groups in total. The zero-order valence-electron chi connectivity index (χ0n) is 14.6. The summed E-state index contributed by atoms with van der Waals surface area (Å²) in [5.41, 5.74) is 5.24. The minimum Gasteiger partial charge on any atom is -0.685 e. The maximum absolute atomic E-state index is 11.4. The molecule has 2 radical (unpaired) electrons. The summed E-state index contributed by atoms with van der Waals surface area (Å²) in [4.78, 5) is 11.1. The molecule has 0 amide bonds. The summed E-state index contributed by atoms with van der Waals surface area (Å²) >= 11 is 6.78. The second kappa shape index (κ2) is 12.4. The van der Waals surface area contributed by atoms with Crippen molar-refractivity contribution in [2.75, 3.05) is 14.1 Å². The Bertz CT molecular complexity index is 817. The zero-order valence-corrected chi connectivity index (χ0v) is 30.6. The van der Waals surface area contributed by atoms with Crippen LogP contribution in [0.4, 0.5) is 17.1 Å². The summed E-state index contributed by atoms with van der Waals surface area (Å²) in [6, 6.07) is 3.64. The summed E-state index contributed by atoms with van der Waals surface area (Å²) in [6.07, 6.45) is 0. The van der Waals surface area contributed by atoms with Crippen LogP contribution in [-0.2, 0) is 0 Å². The molecule has 2 aromatic carbocycles. The van der Waals surface area contributed by atoms with Crippen LogP contribution < -0.4 is 0 Å². The number of halogens is 3. The topological polar surface area (TPSA) is 71.3 Å². The van der Waals surface area contributed by atoms with Crippen LogP contribution in [0, 0.1) is 123 Å². The Balaban J connectivity index is 0.00000312. The molecule has 0 unspecified atom stereocenters. The van der Waals surface area contributed by atoms with Crippen LogP contribution in [0.5, 0.6) is 0 Å². The molecule has 0 aliphatic heterocycles. The predicted molar refractivity (Wildman–Crippen MR) is 124 cm³/mol. The van der Waals surface area contributed by atoms with Crippen molar-refractivity contribution < 1.29 is 93.0 Å². The van der Waals surface area contributed by atoms with E-state index >= 15 is 0 Å². The van der Waals surface area contributed by atoms with Gasteiger partial charge in [-0.05, 0) is 96.3 Å². The molecule has 134 valence electrons. The van der Waals surface area contributed by atoms with E-state index in [9.17, 15) is 10.1 Å². The smallest absolute Gasteiger partial charge is 0.273 e. The molecular weight excluding hydrogens is 1100 g/mol. The minimum atomic E-state index is -0.325. The molecule has 26 heavy (non-hydrogen) atoms. The third kappa shape index (κ3) is 5.81. The first-order chi connectivity index (χ1) is 11.2. The molecule has 2 rings (SSSR count). The van der Waals surface area contributed by atoms with Gasteiger partial charge in [0.2, 0.25) is 0 Å². The third-order valence-corrected chi connectivity index (χ3v) is 6.97. The van der Waals surface area contributed by atoms with Crippen LogP contribution in [0.1, 0.15) is 11.1 Å². The van der Waals surface area contributed by atoms with Crippen LogP contribution in [0.3, 0.4) is 0 Å². The Morgan fingerprint density at radius 2 is 1.38 bits per heavy atom. The molecule has 0 atom stereocenters. The number of nitrogens with zero attached hydrogens (tertiary/aromatic N) is 3. The monoisotopic (exact) mass is 1110 g/mol. The largest absolute Gasteiger partial charge is 0.685 e. The summed E-state index contributed by atoms with van der Waals surface area (Å²) in [7, 11) is 3.50. The number of nitro groups is 1. The number of nitro benzene ring substituents is 1. The van der Waals surface area contributed by atoms with Crippen molar-refractivity contribution in [2.24, 2.45) is 0 Å². The molecular formula is C16H14Ac2I3N3O2-2. The second-order valence-corrected chi connectivity index (χ2v) is 8.39.